The van der Waals surface area contributed by atoms with Crippen LogP contribution in [0.3, 0.4) is 0 Å². The summed E-state index contributed by atoms with van der Waals surface area (Å²) in [4.78, 5) is 12.0. The van der Waals surface area contributed by atoms with Crippen LogP contribution in [0.15, 0.2) is 42.5 Å². The topological polar surface area (TPSA) is 35.5 Å². The van der Waals surface area contributed by atoms with Gasteiger partial charge in [0.25, 0.3) is 0 Å². The number of carbonyl (C=O) groups is 1. The van der Waals surface area contributed by atoms with Gasteiger partial charge in [-0.1, -0.05) is 102 Å². The molecule has 1 fully saturated rings. The van der Waals surface area contributed by atoms with Crippen molar-refractivity contribution >= 4 is 5.97 Å². The second-order valence-corrected chi connectivity index (χ2v) is 11.1. The zero-order chi connectivity index (χ0) is 27.9. The molecule has 2 aromatic rings. The highest BCUT2D eigenvalue weighted by molar-refractivity contribution is 5.74. The minimum Gasteiger partial charge on any atom is -0.491 e. The van der Waals surface area contributed by atoms with Crippen LogP contribution in [0.2, 0.25) is 0 Å². The first kappa shape index (κ1) is 31.1. The van der Waals surface area contributed by atoms with Gasteiger partial charge in [-0.2, -0.15) is 0 Å². The van der Waals surface area contributed by atoms with E-state index in [-0.39, 0.29) is 18.3 Å². The molecule has 0 bridgehead atoms. The highest BCUT2D eigenvalue weighted by Gasteiger charge is 2.27. The molecule has 216 valence electrons. The zero-order valence-electron chi connectivity index (χ0n) is 24.1. The van der Waals surface area contributed by atoms with E-state index in [2.05, 4.69) is 19.1 Å². The minimum atomic E-state index is -1.50. The van der Waals surface area contributed by atoms with Gasteiger partial charge in [0.15, 0.2) is 17.7 Å². The molecule has 3 rings (SSSR count). The summed E-state index contributed by atoms with van der Waals surface area (Å²) in [5, 5.41) is 0. The molecular formula is C34H48F2O3. The molecule has 1 aliphatic rings. The van der Waals surface area contributed by atoms with Gasteiger partial charge in [0.1, 0.15) is 6.10 Å². The van der Waals surface area contributed by atoms with Crippen LogP contribution in [0.25, 0.3) is 11.1 Å². The molecule has 0 radical (unpaired) electrons. The lowest BCUT2D eigenvalue weighted by molar-refractivity contribution is -0.157. The summed E-state index contributed by atoms with van der Waals surface area (Å²) in [6.07, 6.45) is 13.3. The third-order valence-corrected chi connectivity index (χ3v) is 7.93. The third kappa shape index (κ3) is 10.6. The van der Waals surface area contributed by atoms with Gasteiger partial charge in [0, 0.05) is 0 Å². The standard InChI is InChI=1S/C34H48F2O3/c1-3-5-7-8-9-10-11-12-24-38-33-23-20-29(25-32(33)36)28-16-14-26(15-17-28)27-18-21-30(22-19-27)39-34(37)31(35)13-6-4-2/h14-17,20,23,25,27,30-31H,3-13,18-19,21-22,24H2,1-2H3/t27-,30-,31-/m0/s1. The Kier molecular flexibility index (Phi) is 13.8. The van der Waals surface area contributed by atoms with Crippen molar-refractivity contribution in [2.24, 2.45) is 0 Å². The van der Waals surface area contributed by atoms with Crippen LogP contribution in [0.4, 0.5) is 8.78 Å². The highest BCUT2D eigenvalue weighted by Crippen LogP contribution is 2.35. The van der Waals surface area contributed by atoms with E-state index in [9.17, 15) is 13.6 Å². The summed E-state index contributed by atoms with van der Waals surface area (Å²) in [5.74, 6) is -0.318. The first-order chi connectivity index (χ1) is 19.0. The fraction of sp³-hybridized carbons (Fsp3) is 0.618. The van der Waals surface area contributed by atoms with E-state index in [1.165, 1.54) is 44.1 Å². The molecule has 1 atom stereocenters. The molecule has 0 spiro atoms. The number of alkyl halides is 1. The SMILES string of the molecule is CCCCCCCCCCOc1ccc(-c2ccc([C@H]3CC[C@H](OC(=O)[C@@H](F)CCCC)CC3)cc2)cc1F. The predicted molar refractivity (Wildman–Crippen MR) is 155 cm³/mol. The Bertz CT molecular complexity index is 967. The number of ether oxygens (including phenoxy) is 2. The van der Waals surface area contributed by atoms with Gasteiger partial charge < -0.3 is 9.47 Å². The summed E-state index contributed by atoms with van der Waals surface area (Å²) < 4.78 is 39.8. The maximum absolute atomic E-state index is 14.7. The van der Waals surface area contributed by atoms with Crippen molar-refractivity contribution in [3.05, 3.63) is 53.8 Å². The van der Waals surface area contributed by atoms with E-state index in [0.29, 0.717) is 24.7 Å². The summed E-state index contributed by atoms with van der Waals surface area (Å²) in [6.45, 7) is 4.76. The average Bonchev–Trinajstić information content (AvgIpc) is 2.96. The fourth-order valence-electron chi connectivity index (χ4n) is 5.42. The predicted octanol–water partition coefficient (Wildman–Crippen LogP) is 10.1. The first-order valence-electron chi connectivity index (χ1n) is 15.4. The molecule has 0 saturated heterocycles. The van der Waals surface area contributed by atoms with Gasteiger partial charge in [-0.15, -0.1) is 0 Å². The van der Waals surface area contributed by atoms with Crippen molar-refractivity contribution in [2.45, 2.75) is 128 Å². The molecule has 0 aromatic heterocycles. The lowest BCUT2D eigenvalue weighted by Gasteiger charge is -2.29. The Labute approximate surface area is 234 Å². The third-order valence-electron chi connectivity index (χ3n) is 7.93. The molecular weight excluding hydrogens is 494 g/mol. The molecule has 2 aromatic carbocycles. The molecule has 3 nitrogen and oxygen atoms in total. The Morgan fingerprint density at radius 2 is 1.44 bits per heavy atom. The van der Waals surface area contributed by atoms with Gasteiger partial charge in [-0.05, 0) is 73.3 Å². The van der Waals surface area contributed by atoms with Crippen LogP contribution in [0.5, 0.6) is 5.75 Å². The quantitative estimate of drug-likeness (QED) is 0.147. The number of unbranched alkanes of at least 4 members (excludes halogenated alkanes) is 8. The van der Waals surface area contributed by atoms with Crippen molar-refractivity contribution in [1.29, 1.82) is 0 Å². The molecule has 1 aliphatic carbocycles. The molecule has 0 aliphatic heterocycles. The largest absolute Gasteiger partial charge is 0.491 e. The number of halogens is 2. The van der Waals surface area contributed by atoms with Gasteiger partial charge >= 0.3 is 5.97 Å². The van der Waals surface area contributed by atoms with Crippen molar-refractivity contribution < 1.29 is 23.0 Å². The van der Waals surface area contributed by atoms with Crippen LogP contribution in [-0.2, 0) is 9.53 Å². The van der Waals surface area contributed by atoms with Gasteiger partial charge in [0.05, 0.1) is 6.61 Å². The molecule has 0 heterocycles. The summed E-state index contributed by atoms with van der Waals surface area (Å²) >= 11 is 0. The summed E-state index contributed by atoms with van der Waals surface area (Å²) in [5.41, 5.74) is 3.04. The second kappa shape index (κ2) is 17.3. The lowest BCUT2D eigenvalue weighted by atomic mass is 9.82. The lowest BCUT2D eigenvalue weighted by Crippen LogP contribution is -2.28. The van der Waals surface area contributed by atoms with E-state index in [0.717, 1.165) is 56.1 Å². The molecule has 0 unspecified atom stereocenters. The monoisotopic (exact) mass is 542 g/mol. The van der Waals surface area contributed by atoms with E-state index in [1.807, 2.05) is 25.1 Å². The molecule has 0 N–H and O–H groups in total. The van der Waals surface area contributed by atoms with Crippen LogP contribution >= 0.6 is 0 Å². The summed E-state index contributed by atoms with van der Waals surface area (Å²) in [6, 6.07) is 13.5. The number of carbonyl (C=O) groups excluding carboxylic acids is 1. The number of hydrogen-bond acceptors (Lipinski definition) is 3. The Hall–Kier alpha value is -2.43. The van der Waals surface area contributed by atoms with Crippen LogP contribution in [-0.4, -0.2) is 24.9 Å². The number of benzene rings is 2. The fourth-order valence-corrected chi connectivity index (χ4v) is 5.42. The normalized spacial score (nSPS) is 18.1. The number of esters is 1. The maximum atomic E-state index is 14.7. The summed E-state index contributed by atoms with van der Waals surface area (Å²) in [7, 11) is 0. The Morgan fingerprint density at radius 1 is 0.821 bits per heavy atom. The van der Waals surface area contributed by atoms with Gasteiger partial charge in [-0.3, -0.25) is 0 Å². The molecule has 0 amide bonds. The second-order valence-electron chi connectivity index (χ2n) is 11.1. The van der Waals surface area contributed by atoms with Crippen molar-refractivity contribution in [3.63, 3.8) is 0 Å². The highest BCUT2D eigenvalue weighted by atomic mass is 19.1. The average molecular weight is 543 g/mol. The van der Waals surface area contributed by atoms with E-state index in [1.54, 1.807) is 12.1 Å². The smallest absolute Gasteiger partial charge is 0.340 e. The van der Waals surface area contributed by atoms with Crippen molar-refractivity contribution in [3.8, 4) is 16.9 Å². The van der Waals surface area contributed by atoms with Crippen LogP contribution in [0, 0.1) is 5.82 Å². The van der Waals surface area contributed by atoms with Crippen LogP contribution < -0.4 is 4.74 Å². The van der Waals surface area contributed by atoms with Crippen LogP contribution in [0.1, 0.15) is 122 Å². The number of rotatable bonds is 17. The first-order valence-corrected chi connectivity index (χ1v) is 15.4. The molecule has 1 saturated carbocycles. The molecule has 5 heteroatoms. The van der Waals surface area contributed by atoms with E-state index >= 15 is 0 Å². The number of hydrogen-bond donors (Lipinski definition) is 0. The van der Waals surface area contributed by atoms with E-state index in [4.69, 9.17) is 9.47 Å². The van der Waals surface area contributed by atoms with Crippen molar-refractivity contribution in [1.82, 2.24) is 0 Å². The maximum Gasteiger partial charge on any atom is 0.340 e. The van der Waals surface area contributed by atoms with Gasteiger partial charge in [-0.25, -0.2) is 13.6 Å². The van der Waals surface area contributed by atoms with Gasteiger partial charge in [0.2, 0.25) is 0 Å². The minimum absolute atomic E-state index is 0.188. The zero-order valence-corrected chi connectivity index (χ0v) is 24.1. The Morgan fingerprint density at radius 3 is 2.08 bits per heavy atom. The molecule has 39 heavy (non-hydrogen) atoms. The Balaban J connectivity index is 1.41. The van der Waals surface area contributed by atoms with Crippen molar-refractivity contribution in [2.75, 3.05) is 6.61 Å². The van der Waals surface area contributed by atoms with E-state index < -0.39 is 12.1 Å².